The standard InChI is InChI=1S/C31H34FN3O5S2/c1-3-40-29(36)16-23-19-41-31(33-23)34-30(37)26(14-20-6-4-5-7-20)27-18-35(28-13-10-22(32)15-25(27)28)17-21-8-11-24(12-9-21)42(2,38)39/h8-13,15,18-20,26H,3-7,14,16-17H2,1-2H3,(H,33,34,37). The smallest absolute Gasteiger partial charge is 0.311 e. The molecule has 0 aliphatic heterocycles. The van der Waals surface area contributed by atoms with Crippen LogP contribution in [0.2, 0.25) is 0 Å². The van der Waals surface area contributed by atoms with Gasteiger partial charge in [0.15, 0.2) is 15.0 Å². The number of anilines is 1. The van der Waals surface area contributed by atoms with Gasteiger partial charge in [0.25, 0.3) is 0 Å². The van der Waals surface area contributed by atoms with Crippen molar-refractivity contribution in [1.82, 2.24) is 9.55 Å². The molecule has 0 spiro atoms. The van der Waals surface area contributed by atoms with Crippen molar-refractivity contribution in [1.29, 1.82) is 0 Å². The zero-order valence-corrected chi connectivity index (χ0v) is 25.3. The van der Waals surface area contributed by atoms with Gasteiger partial charge in [-0.25, -0.2) is 17.8 Å². The summed E-state index contributed by atoms with van der Waals surface area (Å²) in [7, 11) is -3.31. The van der Waals surface area contributed by atoms with Crippen LogP contribution in [-0.2, 0) is 37.1 Å². The van der Waals surface area contributed by atoms with Crippen LogP contribution in [0.1, 0.15) is 61.8 Å². The van der Waals surface area contributed by atoms with Crippen LogP contribution in [0.4, 0.5) is 9.52 Å². The lowest BCUT2D eigenvalue weighted by Gasteiger charge is -2.19. The van der Waals surface area contributed by atoms with Gasteiger partial charge in [-0.2, -0.15) is 0 Å². The van der Waals surface area contributed by atoms with Gasteiger partial charge in [0.05, 0.1) is 29.5 Å². The van der Waals surface area contributed by atoms with E-state index in [0.29, 0.717) is 35.1 Å². The zero-order valence-electron chi connectivity index (χ0n) is 23.6. The number of nitrogens with zero attached hydrogens (tertiary/aromatic N) is 2. The minimum atomic E-state index is -3.31. The van der Waals surface area contributed by atoms with Crippen molar-refractivity contribution in [3.63, 3.8) is 0 Å². The fourth-order valence-corrected chi connectivity index (χ4v) is 7.04. The van der Waals surface area contributed by atoms with Gasteiger partial charge in [0.1, 0.15) is 5.82 Å². The van der Waals surface area contributed by atoms with E-state index >= 15 is 0 Å². The fraction of sp³-hybridized carbons (Fsp3) is 0.387. The van der Waals surface area contributed by atoms with Crippen molar-refractivity contribution in [2.24, 2.45) is 5.92 Å². The monoisotopic (exact) mass is 611 g/mol. The molecule has 11 heteroatoms. The maximum Gasteiger partial charge on any atom is 0.311 e. The molecule has 1 N–H and O–H groups in total. The van der Waals surface area contributed by atoms with Crippen LogP contribution < -0.4 is 5.32 Å². The Labute approximate surface area is 248 Å². The highest BCUT2D eigenvalue weighted by atomic mass is 32.2. The zero-order chi connectivity index (χ0) is 29.9. The second-order valence-electron chi connectivity index (χ2n) is 10.8. The molecule has 42 heavy (non-hydrogen) atoms. The minimum Gasteiger partial charge on any atom is -0.466 e. The predicted molar refractivity (Wildman–Crippen MR) is 161 cm³/mol. The van der Waals surface area contributed by atoms with E-state index in [1.54, 1.807) is 42.6 Å². The van der Waals surface area contributed by atoms with E-state index < -0.39 is 15.8 Å². The molecule has 8 nitrogen and oxygen atoms in total. The third-order valence-corrected chi connectivity index (χ3v) is 9.66. The maximum absolute atomic E-state index is 14.6. The van der Waals surface area contributed by atoms with Crippen LogP contribution in [0.5, 0.6) is 0 Å². The number of hydrogen-bond acceptors (Lipinski definition) is 7. The maximum atomic E-state index is 14.6. The average molecular weight is 612 g/mol. The molecule has 1 saturated carbocycles. The third-order valence-electron chi connectivity index (χ3n) is 7.73. The largest absolute Gasteiger partial charge is 0.466 e. The first-order valence-electron chi connectivity index (χ1n) is 14.1. The van der Waals surface area contributed by atoms with Crippen LogP contribution in [0.3, 0.4) is 0 Å². The first kappa shape index (κ1) is 29.9. The lowest BCUT2D eigenvalue weighted by atomic mass is 9.87. The second kappa shape index (κ2) is 12.7. The van der Waals surface area contributed by atoms with Crippen molar-refractivity contribution in [3.8, 4) is 0 Å². The van der Waals surface area contributed by atoms with E-state index in [2.05, 4.69) is 10.3 Å². The Balaban J connectivity index is 1.46. The van der Waals surface area contributed by atoms with Crippen LogP contribution in [0.15, 0.2) is 58.9 Å². The Bertz CT molecular complexity index is 1690. The SMILES string of the molecule is CCOC(=O)Cc1csc(NC(=O)C(CC2CCCC2)c2cn(Cc3ccc(S(C)(=O)=O)cc3)c3ccc(F)cc23)n1. The van der Waals surface area contributed by atoms with Crippen LogP contribution in [0, 0.1) is 11.7 Å². The van der Waals surface area contributed by atoms with Gasteiger partial charge in [-0.1, -0.05) is 37.8 Å². The van der Waals surface area contributed by atoms with E-state index in [1.807, 2.05) is 10.8 Å². The molecule has 5 rings (SSSR count). The van der Waals surface area contributed by atoms with E-state index in [9.17, 15) is 22.4 Å². The third kappa shape index (κ3) is 7.07. The van der Waals surface area contributed by atoms with Crippen LogP contribution >= 0.6 is 11.3 Å². The number of hydrogen-bond donors (Lipinski definition) is 1. The molecule has 4 aromatic rings. The van der Waals surface area contributed by atoms with Crippen molar-refractivity contribution in [2.45, 2.75) is 62.8 Å². The van der Waals surface area contributed by atoms with E-state index in [0.717, 1.165) is 42.3 Å². The lowest BCUT2D eigenvalue weighted by molar-refractivity contribution is -0.142. The van der Waals surface area contributed by atoms with Crippen molar-refractivity contribution in [2.75, 3.05) is 18.2 Å². The molecule has 2 heterocycles. The van der Waals surface area contributed by atoms with Crippen LogP contribution in [-0.4, -0.2) is 42.7 Å². The number of carbonyl (C=O) groups excluding carboxylic acids is 2. The molecule has 2 aromatic carbocycles. The Morgan fingerprint density at radius 3 is 2.60 bits per heavy atom. The molecule has 222 valence electrons. The van der Waals surface area contributed by atoms with E-state index in [4.69, 9.17) is 4.74 Å². The first-order valence-corrected chi connectivity index (χ1v) is 16.9. The summed E-state index contributed by atoms with van der Waals surface area (Å²) in [6, 6.07) is 11.3. The van der Waals surface area contributed by atoms with Crippen molar-refractivity contribution in [3.05, 3.63) is 76.7 Å². The molecule has 0 radical (unpaired) electrons. The Morgan fingerprint density at radius 1 is 1.17 bits per heavy atom. The second-order valence-corrected chi connectivity index (χ2v) is 13.7. The highest BCUT2D eigenvalue weighted by molar-refractivity contribution is 7.90. The summed E-state index contributed by atoms with van der Waals surface area (Å²) in [5.41, 5.74) is 2.93. The topological polar surface area (TPSA) is 107 Å². The molecular weight excluding hydrogens is 577 g/mol. The number of rotatable bonds is 11. The van der Waals surface area contributed by atoms with Gasteiger partial charge in [-0.3, -0.25) is 9.59 Å². The van der Waals surface area contributed by atoms with Crippen molar-refractivity contribution >= 4 is 49.1 Å². The molecule has 1 unspecified atom stereocenters. The predicted octanol–water partition coefficient (Wildman–Crippen LogP) is 6.10. The van der Waals surface area contributed by atoms with Gasteiger partial charge in [0.2, 0.25) is 5.91 Å². The summed E-state index contributed by atoms with van der Waals surface area (Å²) in [4.78, 5) is 30.4. The van der Waals surface area contributed by atoms with E-state index in [1.165, 1.54) is 29.7 Å². The Morgan fingerprint density at radius 2 is 1.90 bits per heavy atom. The lowest BCUT2D eigenvalue weighted by Crippen LogP contribution is -2.23. The minimum absolute atomic E-state index is 0.0314. The summed E-state index contributed by atoms with van der Waals surface area (Å²) < 4.78 is 45.3. The van der Waals surface area contributed by atoms with Crippen LogP contribution in [0.25, 0.3) is 10.9 Å². The van der Waals surface area contributed by atoms with Gasteiger partial charge in [0, 0.05) is 35.3 Å². The molecule has 1 aliphatic rings. The number of carbonyl (C=O) groups is 2. The summed E-state index contributed by atoms with van der Waals surface area (Å²) >= 11 is 1.25. The number of ether oxygens (including phenoxy) is 1. The summed E-state index contributed by atoms with van der Waals surface area (Å²) in [5.74, 6) is -1.14. The number of esters is 1. The molecule has 1 atom stereocenters. The van der Waals surface area contributed by atoms with Gasteiger partial charge in [-0.05, 0) is 60.7 Å². The molecule has 0 bridgehead atoms. The summed E-state index contributed by atoms with van der Waals surface area (Å²) in [5, 5.41) is 5.76. The number of nitrogens with one attached hydrogen (secondary N) is 1. The average Bonchev–Trinajstić information content (AvgIpc) is 3.68. The van der Waals surface area contributed by atoms with Gasteiger partial charge >= 0.3 is 5.97 Å². The van der Waals surface area contributed by atoms with E-state index in [-0.39, 0.29) is 35.6 Å². The Kier molecular flexibility index (Phi) is 9.08. The van der Waals surface area contributed by atoms with Gasteiger partial charge in [-0.15, -0.1) is 11.3 Å². The number of fused-ring (bicyclic) bond motifs is 1. The molecular formula is C31H34FN3O5S2. The number of aromatic nitrogens is 2. The van der Waals surface area contributed by atoms with Crippen molar-refractivity contribution < 1.29 is 27.1 Å². The number of benzene rings is 2. The quantitative estimate of drug-likeness (QED) is 0.206. The number of thiazole rings is 1. The highest BCUT2D eigenvalue weighted by Crippen LogP contribution is 2.38. The first-order chi connectivity index (χ1) is 20.1. The molecule has 2 aromatic heterocycles. The number of amides is 1. The summed E-state index contributed by atoms with van der Waals surface area (Å²) in [6.45, 7) is 2.45. The van der Waals surface area contributed by atoms with Gasteiger partial charge < -0.3 is 14.6 Å². The number of sulfone groups is 1. The molecule has 1 amide bonds. The normalized spacial score (nSPS) is 14.7. The molecule has 0 saturated heterocycles. The molecule has 1 fully saturated rings. The molecule has 1 aliphatic carbocycles. The fourth-order valence-electron chi connectivity index (χ4n) is 5.70. The Hall–Kier alpha value is -3.57. The number of halogens is 1. The highest BCUT2D eigenvalue weighted by Gasteiger charge is 2.30. The summed E-state index contributed by atoms with van der Waals surface area (Å²) in [6.07, 6.45) is 8.10.